The first kappa shape index (κ1) is 17.6. The van der Waals surface area contributed by atoms with Crippen molar-refractivity contribution in [3.05, 3.63) is 47.3 Å². The Balaban J connectivity index is 2.02. The molecule has 1 aliphatic rings. The molecule has 0 bridgehead atoms. The number of benzene rings is 1. The van der Waals surface area contributed by atoms with Crippen LogP contribution in [0.1, 0.15) is 42.0 Å². The Hall–Kier alpha value is -2.21. The van der Waals surface area contributed by atoms with E-state index >= 15 is 0 Å². The molecular formula is C19H22N2O3S. The van der Waals surface area contributed by atoms with Crippen LogP contribution in [0.4, 0.5) is 5.69 Å². The second-order valence-corrected chi connectivity index (χ2v) is 8.04. The van der Waals surface area contributed by atoms with Gasteiger partial charge in [0.15, 0.2) is 5.78 Å². The van der Waals surface area contributed by atoms with Gasteiger partial charge in [-0.3, -0.25) is 9.59 Å². The molecule has 0 amide bonds. The second-order valence-electron chi connectivity index (χ2n) is 7.23. The molecule has 3 rings (SSSR count). The molecule has 1 heterocycles. The zero-order chi connectivity index (χ0) is 18.2. The number of hydrogen-bond acceptors (Lipinski definition) is 4. The Morgan fingerprint density at radius 1 is 1.28 bits per heavy atom. The van der Waals surface area contributed by atoms with Gasteiger partial charge in [0.05, 0.1) is 10.5 Å². The van der Waals surface area contributed by atoms with Crippen LogP contribution in [0.2, 0.25) is 0 Å². The normalized spacial score (nSPS) is 15.7. The van der Waals surface area contributed by atoms with Crippen molar-refractivity contribution >= 4 is 29.4 Å². The molecule has 6 heteroatoms. The fourth-order valence-electron chi connectivity index (χ4n) is 3.37. The number of anilines is 1. The third-order valence-electron chi connectivity index (χ3n) is 4.48. The molecular weight excluding hydrogens is 336 g/mol. The van der Waals surface area contributed by atoms with E-state index in [0.29, 0.717) is 18.4 Å². The molecule has 2 N–H and O–H groups in total. The lowest BCUT2D eigenvalue weighted by Crippen LogP contribution is -2.29. The Morgan fingerprint density at radius 3 is 2.60 bits per heavy atom. The zero-order valence-corrected chi connectivity index (χ0v) is 15.4. The fraction of sp³-hybridized carbons (Fsp3) is 0.368. The lowest BCUT2D eigenvalue weighted by molar-refractivity contribution is -0.137. The standard InChI is InChI=1S/C19H22N2O3S/c1-12-18(25-20-13-7-5-4-6-8-13)17-14(21(12)11-16(23)24)9-19(2,3)10-15(17)22/h4-8,20H,9-11H2,1-3H3,(H,23,24). The van der Waals surface area contributed by atoms with Gasteiger partial charge in [-0.15, -0.1) is 0 Å². The van der Waals surface area contributed by atoms with Crippen LogP contribution in [-0.2, 0) is 17.8 Å². The summed E-state index contributed by atoms with van der Waals surface area (Å²) in [6.45, 7) is 5.87. The van der Waals surface area contributed by atoms with Crippen LogP contribution in [0.3, 0.4) is 0 Å². The monoisotopic (exact) mass is 358 g/mol. The lowest BCUT2D eigenvalue weighted by atomic mass is 9.76. The van der Waals surface area contributed by atoms with Crippen molar-refractivity contribution in [3.63, 3.8) is 0 Å². The minimum Gasteiger partial charge on any atom is -0.480 e. The molecule has 132 valence electrons. The number of Topliss-reactive ketones (excluding diaryl/α,β-unsaturated/α-hetero) is 1. The maximum Gasteiger partial charge on any atom is 0.323 e. The first-order valence-electron chi connectivity index (χ1n) is 8.23. The minimum atomic E-state index is -0.899. The predicted molar refractivity (Wildman–Crippen MR) is 99.2 cm³/mol. The number of para-hydroxylation sites is 1. The zero-order valence-electron chi connectivity index (χ0n) is 14.6. The van der Waals surface area contributed by atoms with Crippen molar-refractivity contribution in [1.29, 1.82) is 0 Å². The number of carbonyl (C=O) groups excluding carboxylic acids is 1. The van der Waals surface area contributed by atoms with Crippen LogP contribution in [0.5, 0.6) is 0 Å². The lowest BCUT2D eigenvalue weighted by Gasteiger charge is -2.29. The Labute approximate surface area is 151 Å². The third-order valence-corrected chi connectivity index (χ3v) is 5.52. The smallest absolute Gasteiger partial charge is 0.323 e. The number of nitrogens with one attached hydrogen (secondary N) is 1. The number of nitrogens with zero attached hydrogens (tertiary/aromatic N) is 1. The van der Waals surface area contributed by atoms with E-state index in [9.17, 15) is 14.7 Å². The summed E-state index contributed by atoms with van der Waals surface area (Å²) >= 11 is 1.38. The van der Waals surface area contributed by atoms with Crippen molar-refractivity contribution in [2.75, 3.05) is 4.72 Å². The van der Waals surface area contributed by atoms with E-state index in [-0.39, 0.29) is 17.7 Å². The highest BCUT2D eigenvalue weighted by Gasteiger charge is 2.37. The van der Waals surface area contributed by atoms with E-state index < -0.39 is 5.97 Å². The molecule has 2 aromatic rings. The van der Waals surface area contributed by atoms with Gasteiger partial charge >= 0.3 is 5.97 Å². The molecule has 0 unspecified atom stereocenters. The van der Waals surface area contributed by atoms with E-state index in [1.807, 2.05) is 37.3 Å². The van der Waals surface area contributed by atoms with E-state index in [1.165, 1.54) is 11.9 Å². The minimum absolute atomic E-state index is 0.0934. The van der Waals surface area contributed by atoms with Crippen LogP contribution < -0.4 is 4.72 Å². The van der Waals surface area contributed by atoms with Crippen LogP contribution >= 0.6 is 11.9 Å². The number of aromatic nitrogens is 1. The van der Waals surface area contributed by atoms with Gasteiger partial charge in [-0.2, -0.15) is 0 Å². The van der Waals surface area contributed by atoms with E-state index in [0.717, 1.165) is 22.0 Å². The topological polar surface area (TPSA) is 71.3 Å². The van der Waals surface area contributed by atoms with Crippen LogP contribution in [-0.4, -0.2) is 21.4 Å². The number of ketones is 1. The van der Waals surface area contributed by atoms with Crippen molar-refractivity contribution in [1.82, 2.24) is 4.57 Å². The third kappa shape index (κ3) is 3.58. The second kappa shape index (κ2) is 6.59. The highest BCUT2D eigenvalue weighted by molar-refractivity contribution is 8.00. The number of carboxylic acids is 1. The van der Waals surface area contributed by atoms with E-state index in [1.54, 1.807) is 4.57 Å². The summed E-state index contributed by atoms with van der Waals surface area (Å²) in [4.78, 5) is 24.9. The van der Waals surface area contributed by atoms with E-state index in [2.05, 4.69) is 18.6 Å². The molecule has 0 atom stereocenters. The quantitative estimate of drug-likeness (QED) is 0.786. The number of fused-ring (bicyclic) bond motifs is 1. The number of carboxylic acid groups (broad SMARTS) is 1. The average Bonchev–Trinajstić information content (AvgIpc) is 2.77. The maximum atomic E-state index is 12.8. The van der Waals surface area contributed by atoms with Gasteiger partial charge in [0.25, 0.3) is 0 Å². The van der Waals surface area contributed by atoms with Crippen LogP contribution in [0.15, 0.2) is 35.2 Å². The van der Waals surface area contributed by atoms with Crippen LogP contribution in [0, 0.1) is 12.3 Å². The largest absolute Gasteiger partial charge is 0.480 e. The maximum absolute atomic E-state index is 12.8. The summed E-state index contributed by atoms with van der Waals surface area (Å²) in [7, 11) is 0. The summed E-state index contributed by atoms with van der Waals surface area (Å²) < 4.78 is 5.05. The van der Waals surface area contributed by atoms with Crippen molar-refractivity contribution < 1.29 is 14.7 Å². The molecule has 0 aliphatic heterocycles. The van der Waals surface area contributed by atoms with Crippen molar-refractivity contribution in [2.45, 2.75) is 45.1 Å². The van der Waals surface area contributed by atoms with Gasteiger partial charge in [0.1, 0.15) is 6.54 Å². The Kier molecular flexibility index (Phi) is 4.64. The first-order chi connectivity index (χ1) is 11.8. The number of aliphatic carboxylic acids is 1. The Bertz CT molecular complexity index is 825. The molecule has 5 nitrogen and oxygen atoms in total. The van der Waals surface area contributed by atoms with Gasteiger partial charge in [0, 0.05) is 23.5 Å². The fourth-order valence-corrected chi connectivity index (χ4v) is 4.32. The summed E-state index contributed by atoms with van der Waals surface area (Å²) in [5.41, 5.74) is 3.15. The van der Waals surface area contributed by atoms with Gasteiger partial charge in [0.2, 0.25) is 0 Å². The number of carbonyl (C=O) groups is 2. The molecule has 0 spiro atoms. The summed E-state index contributed by atoms with van der Waals surface area (Å²) in [5.74, 6) is -0.805. The highest BCUT2D eigenvalue weighted by atomic mass is 32.2. The molecule has 0 saturated carbocycles. The summed E-state index contributed by atoms with van der Waals surface area (Å²) in [5, 5.41) is 9.28. The molecule has 0 saturated heterocycles. The van der Waals surface area contributed by atoms with Crippen LogP contribution in [0.25, 0.3) is 0 Å². The SMILES string of the molecule is Cc1c(SNc2ccccc2)c2c(n1CC(=O)O)CC(C)(C)CC2=O. The number of hydrogen-bond donors (Lipinski definition) is 2. The van der Waals surface area contributed by atoms with Crippen molar-refractivity contribution in [2.24, 2.45) is 5.41 Å². The van der Waals surface area contributed by atoms with Gasteiger partial charge in [-0.05, 0) is 42.8 Å². The number of rotatable bonds is 5. The predicted octanol–water partition coefficient (Wildman–Crippen LogP) is 4.16. The molecule has 25 heavy (non-hydrogen) atoms. The Morgan fingerprint density at radius 2 is 1.96 bits per heavy atom. The van der Waals surface area contributed by atoms with Gasteiger partial charge < -0.3 is 14.4 Å². The molecule has 0 fully saturated rings. The summed E-state index contributed by atoms with van der Waals surface area (Å²) in [6, 6.07) is 9.73. The molecule has 0 radical (unpaired) electrons. The van der Waals surface area contributed by atoms with Gasteiger partial charge in [-0.1, -0.05) is 32.0 Å². The van der Waals surface area contributed by atoms with E-state index in [4.69, 9.17) is 0 Å². The summed E-state index contributed by atoms with van der Waals surface area (Å²) in [6.07, 6.45) is 1.18. The molecule has 1 aromatic carbocycles. The molecule has 1 aromatic heterocycles. The average molecular weight is 358 g/mol. The molecule has 1 aliphatic carbocycles. The van der Waals surface area contributed by atoms with Gasteiger partial charge in [-0.25, -0.2) is 0 Å². The first-order valence-corrected chi connectivity index (χ1v) is 9.05. The highest BCUT2D eigenvalue weighted by Crippen LogP contribution is 2.42. The van der Waals surface area contributed by atoms with Crippen molar-refractivity contribution in [3.8, 4) is 0 Å².